The number of hydrogen-bond donors (Lipinski definition) is 1. The molecule has 4 rings (SSSR count). The van der Waals surface area contributed by atoms with Gasteiger partial charge in [-0.2, -0.15) is 5.10 Å². The Bertz CT molecular complexity index is 707. The molecular formula is C19H23FN2O. The molecule has 0 atom stereocenters. The van der Waals surface area contributed by atoms with Crippen molar-refractivity contribution in [1.29, 1.82) is 0 Å². The molecule has 0 bridgehead atoms. The summed E-state index contributed by atoms with van der Waals surface area (Å²) in [4.78, 5) is 0. The first kappa shape index (κ1) is 14.7. The minimum absolute atomic E-state index is 0.277. The van der Waals surface area contributed by atoms with E-state index < -0.39 is 0 Å². The van der Waals surface area contributed by atoms with Gasteiger partial charge in [0.2, 0.25) is 0 Å². The summed E-state index contributed by atoms with van der Waals surface area (Å²) in [5.74, 6) is 1.74. The Morgan fingerprint density at radius 2 is 2.04 bits per heavy atom. The lowest BCUT2D eigenvalue weighted by Gasteiger charge is -2.27. The third-order valence-electron chi connectivity index (χ3n) is 5.33. The summed E-state index contributed by atoms with van der Waals surface area (Å²) < 4.78 is 19.7. The first-order valence-electron chi connectivity index (χ1n) is 8.73. The number of ether oxygens (including phenoxy) is 1. The molecule has 2 fully saturated rings. The van der Waals surface area contributed by atoms with Gasteiger partial charge in [-0.1, -0.05) is 18.1 Å². The SMILES string of the molecule is Fc1cc(OCC2CCC(=CC3CCC3)CC2)cc2n[nH]cc12. The van der Waals surface area contributed by atoms with Crippen LogP contribution in [-0.4, -0.2) is 16.8 Å². The fourth-order valence-electron chi connectivity index (χ4n) is 3.60. The molecule has 23 heavy (non-hydrogen) atoms. The number of aromatic amines is 1. The van der Waals surface area contributed by atoms with E-state index >= 15 is 0 Å². The molecule has 3 nitrogen and oxygen atoms in total. The van der Waals surface area contributed by atoms with Crippen molar-refractivity contribution in [3.8, 4) is 5.75 Å². The summed E-state index contributed by atoms with van der Waals surface area (Å²) in [7, 11) is 0. The van der Waals surface area contributed by atoms with Crippen LogP contribution in [0.5, 0.6) is 5.75 Å². The van der Waals surface area contributed by atoms with Crippen LogP contribution in [-0.2, 0) is 0 Å². The number of nitrogens with zero attached hydrogens (tertiary/aromatic N) is 1. The summed E-state index contributed by atoms with van der Waals surface area (Å²) in [5.41, 5.74) is 2.27. The van der Waals surface area contributed by atoms with Crippen molar-refractivity contribution in [2.45, 2.75) is 44.9 Å². The van der Waals surface area contributed by atoms with Crippen LogP contribution in [0.4, 0.5) is 4.39 Å². The highest BCUT2D eigenvalue weighted by Crippen LogP contribution is 2.34. The van der Waals surface area contributed by atoms with Crippen molar-refractivity contribution < 1.29 is 9.13 Å². The van der Waals surface area contributed by atoms with Crippen molar-refractivity contribution in [2.24, 2.45) is 11.8 Å². The number of aromatic nitrogens is 2. The van der Waals surface area contributed by atoms with Gasteiger partial charge in [0, 0.05) is 18.3 Å². The molecule has 1 aromatic heterocycles. The maximum Gasteiger partial charge on any atom is 0.137 e. The fraction of sp³-hybridized carbons (Fsp3) is 0.526. The molecule has 2 aromatic rings. The molecule has 1 heterocycles. The van der Waals surface area contributed by atoms with Gasteiger partial charge in [0.15, 0.2) is 0 Å². The highest BCUT2D eigenvalue weighted by Gasteiger charge is 2.20. The number of halogens is 1. The minimum atomic E-state index is -0.277. The van der Waals surface area contributed by atoms with Crippen LogP contribution in [0.2, 0.25) is 0 Å². The second-order valence-corrected chi connectivity index (χ2v) is 6.99. The molecule has 2 aliphatic rings. The molecule has 4 heteroatoms. The van der Waals surface area contributed by atoms with Gasteiger partial charge in [-0.3, -0.25) is 5.10 Å². The molecule has 0 saturated heterocycles. The first-order valence-corrected chi connectivity index (χ1v) is 8.73. The number of H-pyrrole nitrogens is 1. The average Bonchev–Trinajstić information content (AvgIpc) is 2.99. The van der Waals surface area contributed by atoms with Gasteiger partial charge >= 0.3 is 0 Å². The lowest BCUT2D eigenvalue weighted by Crippen LogP contribution is -2.17. The van der Waals surface area contributed by atoms with Gasteiger partial charge < -0.3 is 4.74 Å². The number of rotatable bonds is 4. The van der Waals surface area contributed by atoms with Crippen LogP contribution in [0.15, 0.2) is 30.0 Å². The van der Waals surface area contributed by atoms with Gasteiger partial charge in [0.25, 0.3) is 0 Å². The third-order valence-corrected chi connectivity index (χ3v) is 5.33. The van der Waals surface area contributed by atoms with Crippen molar-refractivity contribution in [1.82, 2.24) is 10.2 Å². The summed E-state index contributed by atoms with van der Waals surface area (Å²) in [5, 5.41) is 7.24. The van der Waals surface area contributed by atoms with Crippen molar-refractivity contribution >= 4 is 10.9 Å². The Kier molecular flexibility index (Phi) is 4.06. The third kappa shape index (κ3) is 3.26. The molecular weight excluding hydrogens is 291 g/mol. The van der Waals surface area contributed by atoms with E-state index in [0.29, 0.717) is 29.2 Å². The van der Waals surface area contributed by atoms with Crippen molar-refractivity contribution in [2.75, 3.05) is 6.61 Å². The van der Waals surface area contributed by atoms with Gasteiger partial charge in [0.1, 0.15) is 11.6 Å². The zero-order valence-electron chi connectivity index (χ0n) is 13.4. The van der Waals surface area contributed by atoms with Crippen LogP contribution in [0.3, 0.4) is 0 Å². The number of nitrogens with one attached hydrogen (secondary N) is 1. The largest absolute Gasteiger partial charge is 0.493 e. The molecule has 1 N–H and O–H groups in total. The van der Waals surface area contributed by atoms with Crippen LogP contribution in [0.25, 0.3) is 10.9 Å². The van der Waals surface area contributed by atoms with E-state index in [1.807, 2.05) is 0 Å². The highest BCUT2D eigenvalue weighted by molar-refractivity contribution is 5.80. The summed E-state index contributed by atoms with van der Waals surface area (Å²) in [6, 6.07) is 3.27. The summed E-state index contributed by atoms with van der Waals surface area (Å²) >= 11 is 0. The quantitative estimate of drug-likeness (QED) is 0.807. The molecule has 0 amide bonds. The van der Waals surface area contributed by atoms with Gasteiger partial charge in [-0.05, 0) is 50.4 Å². The topological polar surface area (TPSA) is 37.9 Å². The van der Waals surface area contributed by atoms with E-state index in [4.69, 9.17) is 4.74 Å². The number of fused-ring (bicyclic) bond motifs is 1. The maximum absolute atomic E-state index is 13.9. The van der Waals surface area contributed by atoms with Crippen LogP contribution in [0, 0.1) is 17.7 Å². The lowest BCUT2D eigenvalue weighted by atomic mass is 9.80. The predicted molar refractivity (Wildman–Crippen MR) is 88.9 cm³/mol. The Morgan fingerprint density at radius 1 is 1.22 bits per heavy atom. The molecule has 2 aliphatic carbocycles. The van der Waals surface area contributed by atoms with Crippen LogP contribution >= 0.6 is 0 Å². The molecule has 0 spiro atoms. The molecule has 122 valence electrons. The van der Waals surface area contributed by atoms with Crippen molar-refractivity contribution in [3.63, 3.8) is 0 Å². The van der Waals surface area contributed by atoms with Gasteiger partial charge in [0.05, 0.1) is 17.5 Å². The van der Waals surface area contributed by atoms with Gasteiger partial charge in [-0.25, -0.2) is 4.39 Å². The molecule has 0 radical (unpaired) electrons. The predicted octanol–water partition coefficient (Wildman–Crippen LogP) is 5.00. The smallest absolute Gasteiger partial charge is 0.137 e. The second-order valence-electron chi connectivity index (χ2n) is 6.99. The number of allylic oxidation sites excluding steroid dienone is 2. The first-order chi connectivity index (χ1) is 11.3. The van der Waals surface area contributed by atoms with Crippen molar-refractivity contribution in [3.05, 3.63) is 35.8 Å². The Balaban J connectivity index is 1.31. The van der Waals surface area contributed by atoms with Gasteiger partial charge in [-0.15, -0.1) is 0 Å². The average molecular weight is 314 g/mol. The maximum atomic E-state index is 13.9. The van der Waals surface area contributed by atoms with E-state index in [1.54, 1.807) is 17.8 Å². The zero-order valence-corrected chi connectivity index (χ0v) is 13.4. The lowest BCUT2D eigenvalue weighted by molar-refractivity contribution is 0.221. The van der Waals surface area contributed by atoms with E-state index in [0.717, 1.165) is 5.92 Å². The summed E-state index contributed by atoms with van der Waals surface area (Å²) in [6.07, 6.45) is 13.1. The van der Waals surface area contributed by atoms with Crippen LogP contribution < -0.4 is 4.74 Å². The molecule has 2 saturated carbocycles. The van der Waals surface area contributed by atoms with E-state index in [9.17, 15) is 4.39 Å². The normalized spacial score (nSPS) is 22.1. The standard InChI is InChI=1S/C19H23FN2O/c20-18-9-16(10-19-17(18)11-21-22-19)23-12-15-6-4-14(5-7-15)8-13-2-1-3-13/h8-11,13,15H,1-7,12H2,(H,21,22). The van der Waals surface area contributed by atoms with E-state index in [2.05, 4.69) is 16.3 Å². The minimum Gasteiger partial charge on any atom is -0.493 e. The van der Waals surface area contributed by atoms with E-state index in [1.165, 1.54) is 51.0 Å². The van der Waals surface area contributed by atoms with Crippen LogP contribution in [0.1, 0.15) is 44.9 Å². The highest BCUT2D eigenvalue weighted by atomic mass is 19.1. The monoisotopic (exact) mass is 314 g/mol. The number of benzene rings is 1. The number of hydrogen-bond acceptors (Lipinski definition) is 2. The Morgan fingerprint density at radius 3 is 2.78 bits per heavy atom. The Hall–Kier alpha value is -1.84. The molecule has 0 aliphatic heterocycles. The van der Waals surface area contributed by atoms with E-state index in [-0.39, 0.29) is 5.82 Å². The summed E-state index contributed by atoms with van der Waals surface area (Å²) in [6.45, 7) is 0.673. The molecule has 1 aromatic carbocycles. The fourth-order valence-corrected chi connectivity index (χ4v) is 3.60. The zero-order chi connectivity index (χ0) is 15.6. The Labute approximate surface area is 135 Å². The second kappa shape index (κ2) is 6.34. The molecule has 0 unspecified atom stereocenters.